The van der Waals surface area contributed by atoms with Gasteiger partial charge in [-0.15, -0.1) is 0 Å². The lowest BCUT2D eigenvalue weighted by molar-refractivity contribution is -0.146. The Balaban J connectivity index is 2.02. The van der Waals surface area contributed by atoms with E-state index >= 15 is 0 Å². The third kappa shape index (κ3) is 4.79. The number of carbonyl (C=O) groups is 5. The molecule has 0 aliphatic carbocycles. The number of fused-ring (bicyclic) bond motifs is 1. The molecule has 156 valence electrons. The van der Waals surface area contributed by atoms with E-state index in [1.807, 2.05) is 0 Å². The second kappa shape index (κ2) is 9.03. The molecule has 2 rings (SSSR count). The largest absolute Gasteiger partial charge is 0.357 e. The van der Waals surface area contributed by atoms with Crippen LogP contribution in [0.25, 0.3) is 0 Å². The van der Waals surface area contributed by atoms with Gasteiger partial charge in [0.15, 0.2) is 0 Å². The molecule has 10 nitrogen and oxygen atoms in total. The molecule has 0 spiro atoms. The third-order valence-electron chi connectivity index (χ3n) is 5.27. The summed E-state index contributed by atoms with van der Waals surface area (Å²) in [5.41, 5.74) is 0. The molecule has 5 atom stereocenters. The molecular weight excluding hydrogens is 366 g/mol. The highest BCUT2D eigenvalue weighted by atomic mass is 16.2. The summed E-state index contributed by atoms with van der Waals surface area (Å²) in [7, 11) is 1.49. The molecule has 0 radical (unpaired) electrons. The lowest BCUT2D eigenvalue weighted by atomic mass is 9.97. The molecule has 0 aromatic rings. The van der Waals surface area contributed by atoms with E-state index in [2.05, 4.69) is 21.3 Å². The minimum Gasteiger partial charge on any atom is -0.357 e. The van der Waals surface area contributed by atoms with Gasteiger partial charge in [0.25, 0.3) is 0 Å². The Morgan fingerprint density at radius 3 is 2.18 bits per heavy atom. The van der Waals surface area contributed by atoms with E-state index in [-0.39, 0.29) is 29.7 Å². The fourth-order valence-corrected chi connectivity index (χ4v) is 3.81. The first-order valence-electron chi connectivity index (χ1n) is 9.57. The summed E-state index contributed by atoms with van der Waals surface area (Å²) in [4.78, 5) is 62.1. The molecule has 2 aliphatic rings. The second-order valence-corrected chi connectivity index (χ2v) is 7.40. The van der Waals surface area contributed by atoms with E-state index in [0.717, 1.165) is 0 Å². The molecule has 28 heavy (non-hydrogen) atoms. The number of likely N-dealkylation sites (N-methyl/N-ethyl adjacent to an activating group) is 1. The van der Waals surface area contributed by atoms with Crippen molar-refractivity contribution >= 4 is 29.5 Å². The first kappa shape index (κ1) is 21.6. The molecule has 0 aromatic heterocycles. The first-order valence-corrected chi connectivity index (χ1v) is 9.57. The van der Waals surface area contributed by atoms with Gasteiger partial charge in [0.1, 0.15) is 24.2 Å². The van der Waals surface area contributed by atoms with Gasteiger partial charge in [-0.2, -0.15) is 0 Å². The van der Waals surface area contributed by atoms with Crippen LogP contribution in [-0.4, -0.2) is 71.7 Å². The smallest absolute Gasteiger partial charge is 0.246 e. The molecule has 0 unspecified atom stereocenters. The van der Waals surface area contributed by atoms with Gasteiger partial charge >= 0.3 is 0 Å². The first-order chi connectivity index (χ1) is 13.1. The van der Waals surface area contributed by atoms with Gasteiger partial charge in [-0.1, -0.05) is 0 Å². The van der Waals surface area contributed by atoms with Crippen LogP contribution in [0.15, 0.2) is 0 Å². The molecule has 4 N–H and O–H groups in total. The van der Waals surface area contributed by atoms with Gasteiger partial charge in [-0.25, -0.2) is 0 Å². The summed E-state index contributed by atoms with van der Waals surface area (Å²) in [6, 6.07) is -2.89. The van der Waals surface area contributed by atoms with Crippen LogP contribution >= 0.6 is 0 Å². The fourth-order valence-electron chi connectivity index (χ4n) is 3.81. The summed E-state index contributed by atoms with van der Waals surface area (Å²) in [6.45, 7) is 4.43. The SMILES string of the molecule is CNC(=O)[C@H](C)NC(=O)[C@@H]1CC[C@H]2CC[C@H](NC(=O)[C@H](C)NC(C)=O)C(=O)N21. The molecule has 10 heteroatoms. The average molecular weight is 395 g/mol. The summed E-state index contributed by atoms with van der Waals surface area (Å²) < 4.78 is 0. The summed E-state index contributed by atoms with van der Waals surface area (Å²) >= 11 is 0. The van der Waals surface area contributed by atoms with Crippen LogP contribution < -0.4 is 21.3 Å². The highest BCUT2D eigenvalue weighted by molar-refractivity contribution is 5.96. The van der Waals surface area contributed by atoms with Gasteiger partial charge in [0.05, 0.1) is 0 Å². The lowest BCUT2D eigenvalue weighted by Gasteiger charge is -2.38. The number of piperidine rings is 1. The van der Waals surface area contributed by atoms with Gasteiger partial charge in [0, 0.05) is 20.0 Å². The maximum absolute atomic E-state index is 12.9. The van der Waals surface area contributed by atoms with Crippen molar-refractivity contribution in [3.63, 3.8) is 0 Å². The zero-order valence-corrected chi connectivity index (χ0v) is 16.7. The van der Waals surface area contributed by atoms with Crippen molar-refractivity contribution in [3.8, 4) is 0 Å². The van der Waals surface area contributed by atoms with Crippen LogP contribution in [0.3, 0.4) is 0 Å². The van der Waals surface area contributed by atoms with E-state index in [1.54, 1.807) is 18.7 Å². The molecule has 2 aliphatic heterocycles. The topological polar surface area (TPSA) is 137 Å². The number of rotatable bonds is 6. The molecule has 0 bridgehead atoms. The Morgan fingerprint density at radius 1 is 0.964 bits per heavy atom. The van der Waals surface area contributed by atoms with Crippen molar-refractivity contribution in [2.75, 3.05) is 7.05 Å². The monoisotopic (exact) mass is 395 g/mol. The van der Waals surface area contributed by atoms with Crippen LogP contribution in [-0.2, 0) is 24.0 Å². The molecular formula is C18H29N5O5. The van der Waals surface area contributed by atoms with Crippen molar-refractivity contribution in [2.45, 2.75) is 76.7 Å². The number of amides is 5. The van der Waals surface area contributed by atoms with Gasteiger partial charge in [0.2, 0.25) is 29.5 Å². The molecule has 2 fully saturated rings. The number of hydrogen-bond donors (Lipinski definition) is 4. The van der Waals surface area contributed by atoms with Crippen molar-refractivity contribution in [3.05, 3.63) is 0 Å². The minimum absolute atomic E-state index is 0.0422. The van der Waals surface area contributed by atoms with Gasteiger partial charge in [-0.05, 0) is 39.5 Å². The molecule has 0 saturated carbocycles. The standard InChI is InChI=1S/C18H29N5O5/c1-9(15(25)19-4)21-17(27)14-8-6-12-5-7-13(18(28)23(12)14)22-16(26)10(2)20-11(3)24/h9-10,12-14H,5-8H2,1-4H3,(H,19,25)(H,20,24)(H,21,27)(H,22,26)/t9-,10-,12+,13-,14-/m0/s1. The Labute approximate surface area is 164 Å². The number of carbonyl (C=O) groups excluding carboxylic acids is 5. The average Bonchev–Trinajstić information content (AvgIpc) is 3.07. The number of nitrogens with one attached hydrogen (secondary N) is 4. The predicted molar refractivity (Wildman–Crippen MR) is 99.8 cm³/mol. The van der Waals surface area contributed by atoms with Crippen molar-refractivity contribution in [2.24, 2.45) is 0 Å². The van der Waals surface area contributed by atoms with Crippen LogP contribution in [0.2, 0.25) is 0 Å². The zero-order chi connectivity index (χ0) is 21.0. The predicted octanol–water partition coefficient (Wildman–Crippen LogP) is -1.60. The zero-order valence-electron chi connectivity index (χ0n) is 16.7. The summed E-state index contributed by atoms with van der Waals surface area (Å²) in [5.74, 6) is -1.76. The van der Waals surface area contributed by atoms with E-state index in [4.69, 9.17) is 0 Å². The molecule has 2 heterocycles. The van der Waals surface area contributed by atoms with Crippen molar-refractivity contribution < 1.29 is 24.0 Å². The molecule has 2 saturated heterocycles. The van der Waals surface area contributed by atoms with E-state index in [9.17, 15) is 24.0 Å². The van der Waals surface area contributed by atoms with Crippen molar-refractivity contribution in [1.82, 2.24) is 26.2 Å². The highest BCUT2D eigenvalue weighted by Gasteiger charge is 2.46. The normalized spacial score (nSPS) is 25.9. The van der Waals surface area contributed by atoms with E-state index in [1.165, 1.54) is 14.0 Å². The minimum atomic E-state index is -0.755. The van der Waals surface area contributed by atoms with Gasteiger partial charge < -0.3 is 26.2 Å². The van der Waals surface area contributed by atoms with E-state index < -0.39 is 30.1 Å². The van der Waals surface area contributed by atoms with Crippen LogP contribution in [0.4, 0.5) is 0 Å². The van der Waals surface area contributed by atoms with Crippen LogP contribution in [0, 0.1) is 0 Å². The lowest BCUT2D eigenvalue weighted by Crippen LogP contribution is -2.61. The highest BCUT2D eigenvalue weighted by Crippen LogP contribution is 2.32. The fraction of sp³-hybridized carbons (Fsp3) is 0.722. The quantitative estimate of drug-likeness (QED) is 0.429. The Kier molecular flexibility index (Phi) is 6.98. The molecule has 5 amide bonds. The Bertz CT molecular complexity index is 667. The Morgan fingerprint density at radius 2 is 1.57 bits per heavy atom. The van der Waals surface area contributed by atoms with Crippen LogP contribution in [0.1, 0.15) is 46.5 Å². The number of nitrogens with zero attached hydrogens (tertiary/aromatic N) is 1. The van der Waals surface area contributed by atoms with Crippen LogP contribution in [0.5, 0.6) is 0 Å². The summed E-state index contributed by atoms with van der Waals surface area (Å²) in [6.07, 6.45) is 2.40. The third-order valence-corrected chi connectivity index (χ3v) is 5.27. The second-order valence-electron chi connectivity index (χ2n) is 7.40. The summed E-state index contributed by atoms with van der Waals surface area (Å²) in [5, 5.41) is 10.3. The van der Waals surface area contributed by atoms with Gasteiger partial charge in [-0.3, -0.25) is 24.0 Å². The maximum atomic E-state index is 12.9. The van der Waals surface area contributed by atoms with Crippen molar-refractivity contribution in [1.29, 1.82) is 0 Å². The molecule has 0 aromatic carbocycles. The number of hydrogen-bond acceptors (Lipinski definition) is 5. The Hall–Kier alpha value is -2.65. The maximum Gasteiger partial charge on any atom is 0.246 e. The van der Waals surface area contributed by atoms with E-state index in [0.29, 0.717) is 25.7 Å².